The maximum absolute atomic E-state index is 4.68. The number of hydrogen-bond donors (Lipinski definition) is 1. The average molecular weight is 334 g/mol. The molecule has 0 aliphatic rings. The summed E-state index contributed by atoms with van der Waals surface area (Å²) < 4.78 is 1.21. The third kappa shape index (κ3) is 1.84. The molecule has 0 fully saturated rings. The van der Waals surface area contributed by atoms with Crippen LogP contribution in [0.25, 0.3) is 22.4 Å². The Morgan fingerprint density at radius 3 is 2.65 bits per heavy atom. The lowest BCUT2D eigenvalue weighted by Gasteiger charge is -1.98. The molecule has 0 radical (unpaired) electrons. The Balaban J connectivity index is 2.26. The van der Waals surface area contributed by atoms with Crippen LogP contribution < -0.4 is 0 Å². The third-order valence-electron chi connectivity index (χ3n) is 2.84. The summed E-state index contributed by atoms with van der Waals surface area (Å²) >= 11 is 2.34. The van der Waals surface area contributed by atoms with Crippen molar-refractivity contribution >= 4 is 33.6 Å². The van der Waals surface area contributed by atoms with Crippen LogP contribution in [0.4, 0.5) is 0 Å². The molecule has 17 heavy (non-hydrogen) atoms. The summed E-state index contributed by atoms with van der Waals surface area (Å²) in [5.74, 6) is 0.944. The first-order chi connectivity index (χ1) is 8.25. The number of nitrogens with zero attached hydrogens (tertiary/aromatic N) is 1. The number of benzene rings is 2. The molecule has 0 unspecified atom stereocenters. The summed E-state index contributed by atoms with van der Waals surface area (Å²) in [7, 11) is 0. The zero-order valence-electron chi connectivity index (χ0n) is 9.37. The van der Waals surface area contributed by atoms with Crippen molar-refractivity contribution in [3.63, 3.8) is 0 Å². The summed E-state index contributed by atoms with van der Waals surface area (Å²) in [5.41, 5.74) is 4.52. The van der Waals surface area contributed by atoms with Crippen LogP contribution in [0.1, 0.15) is 5.56 Å². The van der Waals surface area contributed by atoms with Crippen molar-refractivity contribution < 1.29 is 0 Å². The number of aromatic nitrogens is 2. The molecular weight excluding hydrogens is 323 g/mol. The highest BCUT2D eigenvalue weighted by atomic mass is 127. The molecule has 3 heteroatoms. The second-order valence-corrected chi connectivity index (χ2v) is 5.20. The van der Waals surface area contributed by atoms with Crippen LogP contribution in [0.2, 0.25) is 0 Å². The third-order valence-corrected chi connectivity index (χ3v) is 3.78. The first kappa shape index (κ1) is 10.8. The molecule has 0 saturated heterocycles. The highest BCUT2D eigenvalue weighted by Gasteiger charge is 2.08. The maximum atomic E-state index is 4.68. The number of halogens is 1. The highest BCUT2D eigenvalue weighted by Crippen LogP contribution is 2.25. The number of H-pyrrole nitrogens is 1. The Hall–Kier alpha value is -1.36. The fourth-order valence-electron chi connectivity index (χ4n) is 1.96. The number of aromatic amines is 1. The molecular formula is C14H11IN2. The standard InChI is InChI=1S/C14H11IN2/c1-9-5-4-8-12-13(9)17-14(16-12)10-6-2-3-7-11(10)15/h2-8H,1H3,(H,16,17). The lowest BCUT2D eigenvalue weighted by molar-refractivity contribution is 1.32. The predicted octanol–water partition coefficient (Wildman–Crippen LogP) is 4.14. The number of para-hydroxylation sites is 1. The molecule has 3 rings (SSSR count). The first-order valence-corrected chi connectivity index (χ1v) is 6.54. The molecule has 3 aromatic rings. The van der Waals surface area contributed by atoms with Crippen LogP contribution in [0.15, 0.2) is 42.5 Å². The molecule has 0 spiro atoms. The monoisotopic (exact) mass is 334 g/mol. The number of fused-ring (bicyclic) bond motifs is 1. The van der Waals surface area contributed by atoms with Crippen molar-refractivity contribution in [1.29, 1.82) is 0 Å². The fraction of sp³-hybridized carbons (Fsp3) is 0.0714. The molecule has 0 aliphatic heterocycles. The van der Waals surface area contributed by atoms with Gasteiger partial charge in [-0.2, -0.15) is 0 Å². The number of hydrogen-bond acceptors (Lipinski definition) is 1. The van der Waals surface area contributed by atoms with E-state index in [4.69, 9.17) is 0 Å². The Bertz CT molecular complexity index is 686. The molecule has 0 bridgehead atoms. The van der Waals surface area contributed by atoms with E-state index in [-0.39, 0.29) is 0 Å². The van der Waals surface area contributed by atoms with Crippen LogP contribution in [-0.4, -0.2) is 9.97 Å². The van der Waals surface area contributed by atoms with Gasteiger partial charge in [0.15, 0.2) is 0 Å². The van der Waals surface area contributed by atoms with Gasteiger partial charge in [0.25, 0.3) is 0 Å². The molecule has 0 saturated carbocycles. The molecule has 1 aromatic heterocycles. The Morgan fingerprint density at radius 2 is 1.88 bits per heavy atom. The number of aryl methyl sites for hydroxylation is 1. The van der Waals surface area contributed by atoms with Gasteiger partial charge in [0, 0.05) is 9.13 Å². The molecule has 2 nitrogen and oxygen atoms in total. The van der Waals surface area contributed by atoms with E-state index < -0.39 is 0 Å². The summed E-state index contributed by atoms with van der Waals surface area (Å²) in [4.78, 5) is 8.06. The smallest absolute Gasteiger partial charge is 0.139 e. The maximum Gasteiger partial charge on any atom is 0.139 e. The number of rotatable bonds is 1. The zero-order chi connectivity index (χ0) is 11.8. The van der Waals surface area contributed by atoms with Crippen molar-refractivity contribution in [3.8, 4) is 11.4 Å². The highest BCUT2D eigenvalue weighted by molar-refractivity contribution is 14.1. The summed E-state index contributed by atoms with van der Waals surface area (Å²) in [6.07, 6.45) is 0. The lowest BCUT2D eigenvalue weighted by Crippen LogP contribution is -1.83. The van der Waals surface area contributed by atoms with E-state index in [2.05, 4.69) is 69.8 Å². The predicted molar refractivity (Wildman–Crippen MR) is 79.0 cm³/mol. The minimum atomic E-state index is 0.944. The van der Waals surface area contributed by atoms with E-state index in [1.807, 2.05) is 12.1 Å². The molecule has 84 valence electrons. The van der Waals surface area contributed by atoms with Gasteiger partial charge in [-0.05, 0) is 47.2 Å². The molecule has 0 atom stereocenters. The van der Waals surface area contributed by atoms with Crippen LogP contribution in [0, 0.1) is 10.5 Å². The summed E-state index contributed by atoms with van der Waals surface area (Å²) in [5, 5.41) is 0. The van der Waals surface area contributed by atoms with Gasteiger partial charge in [0.05, 0.1) is 11.0 Å². The molecule has 1 N–H and O–H groups in total. The van der Waals surface area contributed by atoms with Crippen molar-refractivity contribution in [2.24, 2.45) is 0 Å². The van der Waals surface area contributed by atoms with Gasteiger partial charge >= 0.3 is 0 Å². The second-order valence-electron chi connectivity index (χ2n) is 4.04. The topological polar surface area (TPSA) is 28.7 Å². The van der Waals surface area contributed by atoms with Crippen molar-refractivity contribution in [3.05, 3.63) is 51.6 Å². The Kier molecular flexibility index (Phi) is 2.63. The molecule has 2 aromatic carbocycles. The van der Waals surface area contributed by atoms with Gasteiger partial charge < -0.3 is 4.98 Å². The Morgan fingerprint density at radius 1 is 1.06 bits per heavy atom. The SMILES string of the molecule is Cc1cccc2[nH]c(-c3ccccc3I)nc12. The molecule has 1 heterocycles. The zero-order valence-corrected chi connectivity index (χ0v) is 11.5. The van der Waals surface area contributed by atoms with E-state index >= 15 is 0 Å². The minimum Gasteiger partial charge on any atom is -0.338 e. The molecule has 0 amide bonds. The van der Waals surface area contributed by atoms with Crippen LogP contribution in [0.5, 0.6) is 0 Å². The summed E-state index contributed by atoms with van der Waals surface area (Å²) in [6, 6.07) is 14.5. The average Bonchev–Trinajstić information content (AvgIpc) is 2.75. The first-order valence-electron chi connectivity index (χ1n) is 5.46. The van der Waals surface area contributed by atoms with Crippen molar-refractivity contribution in [2.75, 3.05) is 0 Å². The van der Waals surface area contributed by atoms with E-state index in [0.717, 1.165) is 22.4 Å². The normalized spacial score (nSPS) is 10.9. The van der Waals surface area contributed by atoms with Gasteiger partial charge in [0.2, 0.25) is 0 Å². The van der Waals surface area contributed by atoms with Gasteiger partial charge in [0.1, 0.15) is 5.82 Å². The minimum absolute atomic E-state index is 0.944. The van der Waals surface area contributed by atoms with Gasteiger partial charge in [-0.3, -0.25) is 0 Å². The number of imidazole rings is 1. The van der Waals surface area contributed by atoms with Crippen LogP contribution in [-0.2, 0) is 0 Å². The van der Waals surface area contributed by atoms with Crippen LogP contribution >= 0.6 is 22.6 Å². The largest absolute Gasteiger partial charge is 0.338 e. The van der Waals surface area contributed by atoms with E-state index in [1.54, 1.807) is 0 Å². The van der Waals surface area contributed by atoms with E-state index in [9.17, 15) is 0 Å². The van der Waals surface area contributed by atoms with Gasteiger partial charge in [-0.1, -0.05) is 30.3 Å². The number of nitrogens with one attached hydrogen (secondary N) is 1. The Labute approximate surface area is 113 Å². The summed E-state index contributed by atoms with van der Waals surface area (Å²) in [6.45, 7) is 2.09. The van der Waals surface area contributed by atoms with Gasteiger partial charge in [-0.15, -0.1) is 0 Å². The lowest BCUT2D eigenvalue weighted by atomic mass is 10.2. The second kappa shape index (κ2) is 4.14. The quantitative estimate of drug-likeness (QED) is 0.666. The van der Waals surface area contributed by atoms with Crippen molar-refractivity contribution in [1.82, 2.24) is 9.97 Å². The van der Waals surface area contributed by atoms with E-state index in [1.165, 1.54) is 9.13 Å². The van der Waals surface area contributed by atoms with Crippen molar-refractivity contribution in [2.45, 2.75) is 6.92 Å². The van der Waals surface area contributed by atoms with Crippen LogP contribution in [0.3, 0.4) is 0 Å². The van der Waals surface area contributed by atoms with Gasteiger partial charge in [-0.25, -0.2) is 4.98 Å². The van der Waals surface area contributed by atoms with E-state index in [0.29, 0.717) is 0 Å². The fourth-order valence-corrected chi connectivity index (χ4v) is 2.60. The molecule has 0 aliphatic carbocycles.